The van der Waals surface area contributed by atoms with Gasteiger partial charge in [-0.1, -0.05) is 23.2 Å². The highest BCUT2D eigenvalue weighted by molar-refractivity contribution is 6.36. The maximum absolute atomic E-state index is 12.9. The molecule has 1 heterocycles. The van der Waals surface area contributed by atoms with Crippen molar-refractivity contribution < 1.29 is 4.39 Å². The molecular formula is C10H4Cl3FN2. The largest absolute Gasteiger partial charge is 0.225 e. The van der Waals surface area contributed by atoms with Crippen molar-refractivity contribution in [2.75, 3.05) is 0 Å². The topological polar surface area (TPSA) is 25.8 Å². The molecule has 82 valence electrons. The Kier molecular flexibility index (Phi) is 3.28. The smallest absolute Gasteiger partial charge is 0.222 e. The molecule has 6 heteroatoms. The normalized spacial score (nSPS) is 10.5. The van der Waals surface area contributed by atoms with E-state index in [2.05, 4.69) is 9.97 Å². The van der Waals surface area contributed by atoms with E-state index in [-0.39, 0.29) is 10.3 Å². The Labute approximate surface area is 106 Å². The van der Waals surface area contributed by atoms with Crippen LogP contribution in [0.15, 0.2) is 24.4 Å². The zero-order valence-corrected chi connectivity index (χ0v) is 9.98. The van der Waals surface area contributed by atoms with Gasteiger partial charge in [0.25, 0.3) is 0 Å². The summed E-state index contributed by atoms with van der Waals surface area (Å²) in [7, 11) is 0. The highest BCUT2D eigenvalue weighted by Gasteiger charge is 2.11. The van der Waals surface area contributed by atoms with E-state index >= 15 is 0 Å². The third-order valence-electron chi connectivity index (χ3n) is 1.90. The van der Waals surface area contributed by atoms with Crippen molar-refractivity contribution in [3.63, 3.8) is 0 Å². The molecule has 2 aromatic rings. The van der Waals surface area contributed by atoms with E-state index in [0.717, 1.165) is 0 Å². The first-order valence-electron chi connectivity index (χ1n) is 4.21. The molecule has 0 saturated heterocycles. The summed E-state index contributed by atoms with van der Waals surface area (Å²) in [6.07, 6.45) is 1.37. The number of rotatable bonds is 1. The minimum absolute atomic E-state index is 0.0554. The first kappa shape index (κ1) is 11.6. The van der Waals surface area contributed by atoms with Gasteiger partial charge in [0.1, 0.15) is 5.82 Å². The number of hydrogen-bond donors (Lipinski definition) is 0. The van der Waals surface area contributed by atoms with Gasteiger partial charge in [-0.15, -0.1) is 0 Å². The van der Waals surface area contributed by atoms with Crippen LogP contribution in [0.5, 0.6) is 0 Å². The van der Waals surface area contributed by atoms with Crippen LogP contribution < -0.4 is 0 Å². The first-order chi connectivity index (χ1) is 7.58. The second-order valence-electron chi connectivity index (χ2n) is 2.96. The van der Waals surface area contributed by atoms with Gasteiger partial charge in [-0.05, 0) is 29.8 Å². The Bertz CT molecular complexity index is 546. The number of halogens is 4. The Morgan fingerprint density at radius 2 is 1.81 bits per heavy atom. The Morgan fingerprint density at radius 1 is 1.06 bits per heavy atom. The van der Waals surface area contributed by atoms with E-state index in [1.807, 2.05) is 0 Å². The van der Waals surface area contributed by atoms with E-state index in [4.69, 9.17) is 34.8 Å². The van der Waals surface area contributed by atoms with Crippen molar-refractivity contribution in [1.82, 2.24) is 9.97 Å². The standard InChI is InChI=1S/C10H4Cl3FN2/c11-7-3-5(14)1-2-6(7)9-8(12)4-15-10(13)16-9/h1-4H. The van der Waals surface area contributed by atoms with Crippen molar-refractivity contribution >= 4 is 34.8 Å². The molecule has 0 aliphatic carbocycles. The summed E-state index contributed by atoms with van der Waals surface area (Å²) in [6.45, 7) is 0. The van der Waals surface area contributed by atoms with Crippen LogP contribution in [0, 0.1) is 5.82 Å². The van der Waals surface area contributed by atoms with E-state index in [0.29, 0.717) is 16.3 Å². The maximum Gasteiger partial charge on any atom is 0.222 e. The highest BCUT2D eigenvalue weighted by Crippen LogP contribution is 2.32. The molecule has 1 aromatic carbocycles. The molecule has 0 fully saturated rings. The number of aromatic nitrogens is 2. The van der Waals surface area contributed by atoms with Crippen molar-refractivity contribution in [3.05, 3.63) is 45.5 Å². The molecule has 0 atom stereocenters. The van der Waals surface area contributed by atoms with Crippen LogP contribution >= 0.6 is 34.8 Å². The minimum Gasteiger partial charge on any atom is -0.225 e. The average Bonchev–Trinajstić information content (AvgIpc) is 2.22. The summed E-state index contributed by atoms with van der Waals surface area (Å²) >= 11 is 17.4. The van der Waals surface area contributed by atoms with Gasteiger partial charge >= 0.3 is 0 Å². The van der Waals surface area contributed by atoms with Crippen LogP contribution in [-0.4, -0.2) is 9.97 Å². The molecule has 0 radical (unpaired) electrons. The van der Waals surface area contributed by atoms with Crippen LogP contribution in [-0.2, 0) is 0 Å². The van der Waals surface area contributed by atoms with Gasteiger partial charge in [-0.3, -0.25) is 0 Å². The third-order valence-corrected chi connectivity index (χ3v) is 2.67. The molecule has 0 aliphatic heterocycles. The van der Waals surface area contributed by atoms with Crippen LogP contribution in [0.1, 0.15) is 0 Å². The Balaban J connectivity index is 2.62. The molecule has 1 aromatic heterocycles. The molecule has 2 rings (SSSR count). The Hall–Kier alpha value is -0.900. The monoisotopic (exact) mass is 276 g/mol. The van der Waals surface area contributed by atoms with E-state index < -0.39 is 5.82 Å². The molecule has 2 nitrogen and oxygen atoms in total. The lowest BCUT2D eigenvalue weighted by atomic mass is 10.1. The first-order valence-corrected chi connectivity index (χ1v) is 5.35. The van der Waals surface area contributed by atoms with Crippen molar-refractivity contribution in [2.45, 2.75) is 0 Å². The predicted octanol–water partition coefficient (Wildman–Crippen LogP) is 4.24. The van der Waals surface area contributed by atoms with Crippen molar-refractivity contribution in [1.29, 1.82) is 0 Å². The van der Waals surface area contributed by atoms with Gasteiger partial charge in [0, 0.05) is 5.56 Å². The fourth-order valence-corrected chi connectivity index (χ4v) is 1.80. The molecule has 0 N–H and O–H groups in total. The van der Waals surface area contributed by atoms with Gasteiger partial charge in [0.05, 0.1) is 21.9 Å². The predicted molar refractivity (Wildman–Crippen MR) is 62.5 cm³/mol. The lowest BCUT2D eigenvalue weighted by molar-refractivity contribution is 0.628. The van der Waals surface area contributed by atoms with Crippen LogP contribution in [0.2, 0.25) is 15.3 Å². The van der Waals surface area contributed by atoms with Gasteiger partial charge in [0.15, 0.2) is 0 Å². The minimum atomic E-state index is -0.426. The van der Waals surface area contributed by atoms with Crippen molar-refractivity contribution in [3.8, 4) is 11.3 Å². The molecule has 0 spiro atoms. The summed E-state index contributed by atoms with van der Waals surface area (Å²) < 4.78 is 12.9. The van der Waals surface area contributed by atoms with E-state index in [9.17, 15) is 4.39 Å². The molecule has 0 amide bonds. The van der Waals surface area contributed by atoms with E-state index in [1.165, 1.54) is 24.4 Å². The number of nitrogens with zero attached hydrogens (tertiary/aromatic N) is 2. The third kappa shape index (κ3) is 2.26. The van der Waals surface area contributed by atoms with Gasteiger partial charge in [-0.25, -0.2) is 14.4 Å². The highest BCUT2D eigenvalue weighted by atomic mass is 35.5. The van der Waals surface area contributed by atoms with Gasteiger partial charge in [0.2, 0.25) is 5.28 Å². The summed E-state index contributed by atoms with van der Waals surface area (Å²) in [4.78, 5) is 7.67. The lowest BCUT2D eigenvalue weighted by Gasteiger charge is -2.05. The van der Waals surface area contributed by atoms with Gasteiger partial charge in [-0.2, -0.15) is 0 Å². The number of benzene rings is 1. The summed E-state index contributed by atoms with van der Waals surface area (Å²) in [6, 6.07) is 3.94. The Morgan fingerprint density at radius 3 is 2.50 bits per heavy atom. The van der Waals surface area contributed by atoms with Gasteiger partial charge < -0.3 is 0 Å². The molecular weight excluding hydrogens is 273 g/mol. The zero-order valence-electron chi connectivity index (χ0n) is 7.72. The fourth-order valence-electron chi connectivity index (χ4n) is 1.22. The molecule has 16 heavy (non-hydrogen) atoms. The van der Waals surface area contributed by atoms with Crippen LogP contribution in [0.3, 0.4) is 0 Å². The molecule has 0 unspecified atom stereocenters. The average molecular weight is 278 g/mol. The van der Waals surface area contributed by atoms with Crippen molar-refractivity contribution in [2.24, 2.45) is 0 Å². The molecule has 0 saturated carbocycles. The quantitative estimate of drug-likeness (QED) is 0.729. The lowest BCUT2D eigenvalue weighted by Crippen LogP contribution is -1.90. The van der Waals surface area contributed by atoms with Crippen LogP contribution in [0.4, 0.5) is 4.39 Å². The summed E-state index contributed by atoms with van der Waals surface area (Å²) in [5, 5.41) is 0.578. The number of hydrogen-bond acceptors (Lipinski definition) is 2. The SMILES string of the molecule is Fc1ccc(-c2nc(Cl)ncc2Cl)c(Cl)c1. The maximum atomic E-state index is 12.9. The molecule has 0 bridgehead atoms. The second kappa shape index (κ2) is 4.53. The summed E-state index contributed by atoms with van der Waals surface area (Å²) in [5.41, 5.74) is 0.893. The summed E-state index contributed by atoms with van der Waals surface area (Å²) in [5.74, 6) is -0.426. The molecule has 0 aliphatic rings. The second-order valence-corrected chi connectivity index (χ2v) is 4.11. The zero-order chi connectivity index (χ0) is 11.7. The van der Waals surface area contributed by atoms with E-state index in [1.54, 1.807) is 0 Å². The van der Waals surface area contributed by atoms with Crippen LogP contribution in [0.25, 0.3) is 11.3 Å². The fraction of sp³-hybridized carbons (Fsp3) is 0.